The highest BCUT2D eigenvalue weighted by atomic mass is 16.5. The average molecular weight is 380 g/mol. The van der Waals surface area contributed by atoms with Crippen LogP contribution in [0.4, 0.5) is 5.69 Å². The third-order valence-corrected chi connectivity index (χ3v) is 4.15. The van der Waals surface area contributed by atoms with Crippen molar-refractivity contribution in [2.45, 2.75) is 13.5 Å². The van der Waals surface area contributed by atoms with Gasteiger partial charge in [0, 0.05) is 18.3 Å². The first kappa shape index (κ1) is 19.1. The predicted molar refractivity (Wildman–Crippen MR) is 104 cm³/mol. The molecule has 0 fully saturated rings. The van der Waals surface area contributed by atoms with Crippen LogP contribution in [-0.2, 0) is 16.1 Å². The summed E-state index contributed by atoms with van der Waals surface area (Å²) in [7, 11) is 1.50. The first-order valence-corrected chi connectivity index (χ1v) is 8.66. The lowest BCUT2D eigenvalue weighted by Gasteiger charge is -2.17. The number of nitrogens with zero attached hydrogens (tertiary/aromatic N) is 3. The summed E-state index contributed by atoms with van der Waals surface area (Å²) in [4.78, 5) is 37.9. The number of anilines is 1. The Kier molecular flexibility index (Phi) is 5.69. The number of likely N-dealkylation sites (N-methyl/N-ethyl adjacent to an activating group) is 1. The molecule has 2 aromatic carbocycles. The van der Waals surface area contributed by atoms with Crippen LogP contribution < -0.4 is 11.1 Å². The number of benzene rings is 2. The lowest BCUT2D eigenvalue weighted by molar-refractivity contribution is -0.133. The molecule has 8 nitrogen and oxygen atoms in total. The minimum absolute atomic E-state index is 0.145. The van der Waals surface area contributed by atoms with Crippen molar-refractivity contribution in [3.63, 3.8) is 0 Å². The van der Waals surface area contributed by atoms with Gasteiger partial charge in [-0.25, -0.2) is 9.36 Å². The zero-order valence-corrected chi connectivity index (χ0v) is 15.6. The van der Waals surface area contributed by atoms with Crippen molar-refractivity contribution in [3.05, 3.63) is 70.7 Å². The molecule has 0 spiro atoms. The summed E-state index contributed by atoms with van der Waals surface area (Å²) in [6, 6.07) is 16.3. The Labute approximate surface area is 161 Å². The zero-order valence-electron chi connectivity index (χ0n) is 15.6. The van der Waals surface area contributed by atoms with Crippen LogP contribution >= 0.6 is 0 Å². The molecule has 1 heterocycles. The minimum atomic E-state index is -0.732. The summed E-state index contributed by atoms with van der Waals surface area (Å²) in [6.45, 7) is 1.53. The second-order valence-corrected chi connectivity index (χ2v) is 6.39. The molecule has 0 bridgehead atoms. The van der Waals surface area contributed by atoms with Crippen LogP contribution in [0.15, 0.2) is 63.9 Å². The number of rotatable bonds is 6. The third kappa shape index (κ3) is 4.53. The Morgan fingerprint density at radius 3 is 2.46 bits per heavy atom. The molecule has 144 valence electrons. The van der Waals surface area contributed by atoms with Crippen LogP contribution in [0.3, 0.4) is 0 Å². The van der Waals surface area contributed by atoms with Crippen LogP contribution in [0.5, 0.6) is 0 Å². The van der Waals surface area contributed by atoms with Crippen LogP contribution in [0.25, 0.3) is 11.4 Å². The summed E-state index contributed by atoms with van der Waals surface area (Å²) >= 11 is 0. The van der Waals surface area contributed by atoms with E-state index < -0.39 is 11.7 Å². The Morgan fingerprint density at radius 1 is 1.11 bits per heavy atom. The van der Waals surface area contributed by atoms with Crippen LogP contribution in [0, 0.1) is 6.92 Å². The molecule has 0 aliphatic heterocycles. The van der Waals surface area contributed by atoms with Crippen molar-refractivity contribution in [2.75, 3.05) is 18.9 Å². The summed E-state index contributed by atoms with van der Waals surface area (Å²) in [5.74, 6) is -1.22. The quantitative estimate of drug-likeness (QED) is 0.704. The standard InChI is InChI=1S/C20H20N4O4/c1-14-8-10-16(11-9-14)21-17(25)12-23(2)18(26)13-24-19(22-28-20(24)27)15-6-4-3-5-7-15/h3-11H,12-13H2,1-2H3,(H,21,25). The van der Waals surface area contributed by atoms with Crippen molar-refractivity contribution in [2.24, 2.45) is 0 Å². The van der Waals surface area contributed by atoms with Gasteiger partial charge in [-0.3, -0.25) is 14.1 Å². The van der Waals surface area contributed by atoms with Crippen molar-refractivity contribution in [1.82, 2.24) is 14.6 Å². The maximum atomic E-state index is 12.5. The van der Waals surface area contributed by atoms with Crippen molar-refractivity contribution < 1.29 is 14.1 Å². The molecule has 1 N–H and O–H groups in total. The van der Waals surface area contributed by atoms with E-state index in [1.807, 2.05) is 25.1 Å². The van der Waals surface area contributed by atoms with E-state index in [2.05, 4.69) is 10.5 Å². The second-order valence-electron chi connectivity index (χ2n) is 6.39. The van der Waals surface area contributed by atoms with Gasteiger partial charge in [0.15, 0.2) is 5.82 Å². The highest BCUT2D eigenvalue weighted by molar-refractivity contribution is 5.94. The summed E-state index contributed by atoms with van der Waals surface area (Å²) in [6.07, 6.45) is 0. The van der Waals surface area contributed by atoms with Gasteiger partial charge in [-0.1, -0.05) is 53.2 Å². The Bertz CT molecular complexity index is 1020. The van der Waals surface area contributed by atoms with E-state index in [0.29, 0.717) is 11.3 Å². The molecule has 8 heteroatoms. The van der Waals surface area contributed by atoms with Gasteiger partial charge in [-0.05, 0) is 19.1 Å². The number of aromatic nitrogens is 2. The first-order chi connectivity index (χ1) is 13.4. The Balaban J connectivity index is 1.65. The molecule has 3 aromatic rings. The molecule has 0 aliphatic rings. The molecule has 0 radical (unpaired) electrons. The highest BCUT2D eigenvalue weighted by Gasteiger charge is 2.19. The minimum Gasteiger partial charge on any atom is -0.335 e. The van der Waals surface area contributed by atoms with Gasteiger partial charge in [0.05, 0.1) is 6.54 Å². The fourth-order valence-corrected chi connectivity index (χ4v) is 2.60. The number of hydrogen-bond donors (Lipinski definition) is 1. The second kappa shape index (κ2) is 8.34. The van der Waals surface area contributed by atoms with Gasteiger partial charge in [0.1, 0.15) is 6.54 Å². The van der Waals surface area contributed by atoms with Gasteiger partial charge >= 0.3 is 5.76 Å². The number of carbonyl (C=O) groups excluding carboxylic acids is 2. The largest absolute Gasteiger partial charge is 0.442 e. The molecule has 0 atom stereocenters. The summed E-state index contributed by atoms with van der Waals surface area (Å²) in [5, 5.41) is 6.48. The summed E-state index contributed by atoms with van der Waals surface area (Å²) < 4.78 is 5.85. The zero-order chi connectivity index (χ0) is 20.1. The van der Waals surface area contributed by atoms with Gasteiger partial charge in [0.25, 0.3) is 0 Å². The van der Waals surface area contributed by atoms with Crippen LogP contribution in [-0.4, -0.2) is 40.0 Å². The Hall–Kier alpha value is -3.68. The molecule has 0 unspecified atom stereocenters. The topological polar surface area (TPSA) is 97.4 Å². The molecule has 28 heavy (non-hydrogen) atoms. The average Bonchev–Trinajstić information content (AvgIpc) is 3.04. The Morgan fingerprint density at radius 2 is 1.79 bits per heavy atom. The van der Waals surface area contributed by atoms with E-state index >= 15 is 0 Å². The maximum absolute atomic E-state index is 12.5. The molecular formula is C20H20N4O4. The SMILES string of the molecule is Cc1ccc(NC(=O)CN(C)C(=O)Cn2c(-c3ccccc3)noc2=O)cc1. The molecular weight excluding hydrogens is 360 g/mol. The number of carbonyl (C=O) groups is 2. The molecule has 0 aliphatic carbocycles. The normalized spacial score (nSPS) is 10.5. The van der Waals surface area contributed by atoms with E-state index in [9.17, 15) is 14.4 Å². The molecule has 1 aromatic heterocycles. The van der Waals surface area contributed by atoms with E-state index in [0.717, 1.165) is 10.1 Å². The lowest BCUT2D eigenvalue weighted by atomic mass is 10.2. The lowest BCUT2D eigenvalue weighted by Crippen LogP contribution is -2.38. The van der Waals surface area contributed by atoms with Gasteiger partial charge < -0.3 is 10.2 Å². The smallest absolute Gasteiger partial charge is 0.335 e. The molecule has 0 saturated heterocycles. The predicted octanol–water partition coefficient (Wildman–Crippen LogP) is 1.91. The number of nitrogens with one attached hydrogen (secondary N) is 1. The van der Waals surface area contributed by atoms with Gasteiger partial charge in [-0.2, -0.15) is 0 Å². The molecule has 0 saturated carbocycles. The monoisotopic (exact) mass is 380 g/mol. The van der Waals surface area contributed by atoms with Crippen molar-refractivity contribution >= 4 is 17.5 Å². The maximum Gasteiger partial charge on any atom is 0.442 e. The van der Waals surface area contributed by atoms with Gasteiger partial charge in [0.2, 0.25) is 11.8 Å². The first-order valence-electron chi connectivity index (χ1n) is 8.66. The fourth-order valence-electron chi connectivity index (χ4n) is 2.60. The van der Waals surface area contributed by atoms with Crippen molar-refractivity contribution in [1.29, 1.82) is 0 Å². The third-order valence-electron chi connectivity index (χ3n) is 4.15. The molecule has 2 amide bonds. The van der Waals surface area contributed by atoms with E-state index in [1.54, 1.807) is 36.4 Å². The number of amides is 2. The van der Waals surface area contributed by atoms with Crippen LogP contribution in [0.1, 0.15) is 5.56 Å². The van der Waals surface area contributed by atoms with Crippen molar-refractivity contribution in [3.8, 4) is 11.4 Å². The van der Waals surface area contributed by atoms with Gasteiger partial charge in [-0.15, -0.1) is 0 Å². The van der Waals surface area contributed by atoms with Crippen LogP contribution in [0.2, 0.25) is 0 Å². The molecule has 3 rings (SSSR count). The fraction of sp³-hybridized carbons (Fsp3) is 0.200. The number of aryl methyl sites for hydroxylation is 1. The number of hydrogen-bond acceptors (Lipinski definition) is 5. The highest BCUT2D eigenvalue weighted by Crippen LogP contribution is 2.15. The van der Waals surface area contributed by atoms with E-state index in [1.165, 1.54) is 11.9 Å². The van der Waals surface area contributed by atoms with E-state index in [4.69, 9.17) is 4.52 Å². The van der Waals surface area contributed by atoms with E-state index in [-0.39, 0.29) is 24.8 Å². The summed E-state index contributed by atoms with van der Waals surface area (Å²) in [5.41, 5.74) is 2.39.